The van der Waals surface area contributed by atoms with Crippen LogP contribution >= 0.6 is 0 Å². The third-order valence-corrected chi connectivity index (χ3v) is 6.17. The van der Waals surface area contributed by atoms with E-state index in [1.165, 1.54) is 14.2 Å². The Morgan fingerprint density at radius 1 is 0.946 bits per heavy atom. The number of ether oxygens (including phenoxy) is 4. The largest absolute Gasteiger partial charge is 0.507 e. The fourth-order valence-corrected chi connectivity index (χ4v) is 4.26. The van der Waals surface area contributed by atoms with Gasteiger partial charge in [0.15, 0.2) is 11.5 Å². The maximum absolute atomic E-state index is 13.1. The predicted molar refractivity (Wildman–Crippen MR) is 138 cm³/mol. The number of esters is 1. The summed E-state index contributed by atoms with van der Waals surface area (Å²) in [6.45, 7) is 0.295. The second-order valence-electron chi connectivity index (χ2n) is 8.31. The van der Waals surface area contributed by atoms with Gasteiger partial charge < -0.3 is 28.5 Å². The zero-order valence-corrected chi connectivity index (χ0v) is 20.9. The molecule has 1 N–H and O–H groups in total. The van der Waals surface area contributed by atoms with Crippen LogP contribution in [0.4, 0.5) is 0 Å². The lowest BCUT2D eigenvalue weighted by Gasteiger charge is -2.22. The molecule has 4 aromatic rings. The number of fused-ring (bicyclic) bond motifs is 1. The van der Waals surface area contributed by atoms with Gasteiger partial charge >= 0.3 is 11.6 Å². The van der Waals surface area contributed by atoms with Gasteiger partial charge in [0, 0.05) is 17.9 Å². The number of carbonyl (C=O) groups is 1. The van der Waals surface area contributed by atoms with Gasteiger partial charge in [0.2, 0.25) is 0 Å². The highest BCUT2D eigenvalue weighted by Crippen LogP contribution is 2.43. The molecule has 8 nitrogen and oxygen atoms in total. The summed E-state index contributed by atoms with van der Waals surface area (Å²) in [7, 11) is 4.38. The molecule has 0 aliphatic carbocycles. The van der Waals surface area contributed by atoms with Gasteiger partial charge in [-0.1, -0.05) is 36.4 Å². The number of para-hydroxylation sites is 2. The first-order valence-electron chi connectivity index (χ1n) is 11.7. The van der Waals surface area contributed by atoms with E-state index in [4.69, 9.17) is 23.4 Å². The van der Waals surface area contributed by atoms with Crippen molar-refractivity contribution in [2.45, 2.75) is 18.8 Å². The molecule has 1 atom stereocenters. The van der Waals surface area contributed by atoms with Crippen molar-refractivity contribution in [1.82, 2.24) is 0 Å². The number of benzene rings is 3. The van der Waals surface area contributed by atoms with E-state index in [2.05, 4.69) is 0 Å². The Morgan fingerprint density at radius 3 is 2.41 bits per heavy atom. The maximum Gasteiger partial charge on any atom is 0.343 e. The molecule has 0 saturated carbocycles. The second-order valence-corrected chi connectivity index (χ2v) is 8.31. The van der Waals surface area contributed by atoms with Crippen molar-refractivity contribution in [2.24, 2.45) is 0 Å². The zero-order chi connectivity index (χ0) is 26.4. The number of hydrogen-bond donors (Lipinski definition) is 1. The minimum atomic E-state index is -0.917. The summed E-state index contributed by atoms with van der Waals surface area (Å²) in [5.74, 6) is -0.196. The highest BCUT2D eigenvalue weighted by atomic mass is 16.5. The van der Waals surface area contributed by atoms with Crippen molar-refractivity contribution in [1.29, 1.82) is 0 Å². The Morgan fingerprint density at radius 2 is 1.70 bits per heavy atom. The van der Waals surface area contributed by atoms with Crippen LogP contribution in [0.1, 0.15) is 29.0 Å². The first-order valence-corrected chi connectivity index (χ1v) is 11.7. The Bertz CT molecular complexity index is 1440. The van der Waals surface area contributed by atoms with Crippen LogP contribution < -0.4 is 19.8 Å². The lowest BCUT2D eigenvalue weighted by atomic mass is 9.87. The average molecular weight is 505 g/mol. The van der Waals surface area contributed by atoms with Gasteiger partial charge in [-0.3, -0.25) is 4.79 Å². The van der Waals surface area contributed by atoms with Crippen LogP contribution in [0, 0.1) is 0 Å². The number of rotatable bonds is 10. The minimum absolute atomic E-state index is 0.0580. The van der Waals surface area contributed by atoms with E-state index in [0.29, 0.717) is 35.5 Å². The van der Waals surface area contributed by atoms with Crippen molar-refractivity contribution >= 4 is 16.9 Å². The number of carbonyl (C=O) groups excluding carboxylic acids is 1. The molecule has 0 amide bonds. The fourth-order valence-electron chi connectivity index (χ4n) is 4.26. The minimum Gasteiger partial charge on any atom is -0.507 e. The molecule has 37 heavy (non-hydrogen) atoms. The lowest BCUT2D eigenvalue weighted by molar-refractivity contribution is -0.140. The summed E-state index contributed by atoms with van der Waals surface area (Å²) in [6.07, 6.45) is 0.363. The monoisotopic (exact) mass is 504 g/mol. The smallest absolute Gasteiger partial charge is 0.343 e. The summed E-state index contributed by atoms with van der Waals surface area (Å²) >= 11 is 0. The van der Waals surface area contributed by atoms with Crippen LogP contribution in [-0.2, 0) is 16.0 Å². The molecular weight excluding hydrogens is 476 g/mol. The second kappa shape index (κ2) is 11.5. The van der Waals surface area contributed by atoms with Crippen molar-refractivity contribution in [2.75, 3.05) is 27.9 Å². The van der Waals surface area contributed by atoms with Crippen LogP contribution in [0.15, 0.2) is 75.9 Å². The molecule has 0 aliphatic rings. The molecule has 0 spiro atoms. The summed E-state index contributed by atoms with van der Waals surface area (Å²) in [5.41, 5.74) is 0.954. The summed E-state index contributed by atoms with van der Waals surface area (Å²) < 4.78 is 27.3. The fraction of sp³-hybridized carbons (Fsp3) is 0.241. The summed E-state index contributed by atoms with van der Waals surface area (Å²) in [4.78, 5) is 25.5. The van der Waals surface area contributed by atoms with Crippen molar-refractivity contribution in [3.05, 3.63) is 93.8 Å². The molecule has 1 heterocycles. The van der Waals surface area contributed by atoms with E-state index in [0.717, 1.165) is 11.3 Å². The molecule has 192 valence electrons. The third-order valence-electron chi connectivity index (χ3n) is 6.17. The van der Waals surface area contributed by atoms with E-state index in [-0.39, 0.29) is 23.3 Å². The van der Waals surface area contributed by atoms with Gasteiger partial charge in [-0.25, -0.2) is 4.79 Å². The van der Waals surface area contributed by atoms with E-state index in [9.17, 15) is 14.7 Å². The number of methoxy groups -OCH3 is 3. The van der Waals surface area contributed by atoms with E-state index < -0.39 is 17.5 Å². The molecule has 4 rings (SSSR count). The first-order chi connectivity index (χ1) is 18.0. The van der Waals surface area contributed by atoms with E-state index >= 15 is 0 Å². The Balaban J connectivity index is 1.76. The van der Waals surface area contributed by atoms with Crippen molar-refractivity contribution in [3.63, 3.8) is 0 Å². The van der Waals surface area contributed by atoms with Crippen LogP contribution in [0.3, 0.4) is 0 Å². The van der Waals surface area contributed by atoms with Crippen LogP contribution in [0.25, 0.3) is 11.0 Å². The average Bonchev–Trinajstić information content (AvgIpc) is 2.92. The predicted octanol–water partition coefficient (Wildman–Crippen LogP) is 4.83. The lowest BCUT2D eigenvalue weighted by Crippen LogP contribution is -2.19. The zero-order valence-electron chi connectivity index (χ0n) is 20.9. The molecule has 0 fully saturated rings. The van der Waals surface area contributed by atoms with E-state index in [1.807, 2.05) is 24.3 Å². The molecule has 8 heteroatoms. The van der Waals surface area contributed by atoms with Gasteiger partial charge in [0.25, 0.3) is 0 Å². The van der Waals surface area contributed by atoms with Crippen LogP contribution in [0.5, 0.6) is 23.0 Å². The molecule has 0 saturated heterocycles. The number of aromatic hydroxyl groups is 1. The summed E-state index contributed by atoms with van der Waals surface area (Å²) in [6, 6.07) is 19.5. The number of hydrogen-bond acceptors (Lipinski definition) is 8. The highest BCUT2D eigenvalue weighted by molar-refractivity contribution is 5.85. The quantitative estimate of drug-likeness (QED) is 0.242. The van der Waals surface area contributed by atoms with Crippen LogP contribution in [-0.4, -0.2) is 39.0 Å². The normalized spacial score (nSPS) is 11.6. The molecule has 1 aromatic heterocycles. The van der Waals surface area contributed by atoms with Gasteiger partial charge in [0.05, 0.1) is 45.3 Å². The summed E-state index contributed by atoms with van der Waals surface area (Å²) in [5, 5.41) is 11.5. The van der Waals surface area contributed by atoms with Gasteiger partial charge in [0.1, 0.15) is 17.1 Å². The Labute approximate surface area is 214 Å². The van der Waals surface area contributed by atoms with Gasteiger partial charge in [-0.05, 0) is 35.9 Å². The maximum atomic E-state index is 13.1. The standard InChI is InChI=1S/C29H28O8/c1-33-19-13-11-18(12-14-19)15-16-36-28-20(8-6-10-24(28)34-2)22(17-25(30)35-3)26-27(31)21-7-4-5-9-23(21)37-29(26)32/h4-14,22,31H,15-17H2,1-3H3/t22-/m1/s1. The SMILES string of the molecule is COC(=O)C[C@H](c1cccc(OC)c1OCCc1ccc(OC)cc1)c1c(O)c2ccccc2oc1=O. The van der Waals surface area contributed by atoms with Crippen molar-refractivity contribution < 1.29 is 33.3 Å². The topological polar surface area (TPSA) is 104 Å². The molecule has 0 bridgehead atoms. The van der Waals surface area contributed by atoms with Gasteiger partial charge in [-0.15, -0.1) is 0 Å². The molecule has 0 radical (unpaired) electrons. The molecule has 3 aromatic carbocycles. The van der Waals surface area contributed by atoms with Crippen molar-refractivity contribution in [3.8, 4) is 23.0 Å². The molecule has 0 unspecified atom stereocenters. The van der Waals surface area contributed by atoms with Gasteiger partial charge in [-0.2, -0.15) is 0 Å². The first kappa shape index (κ1) is 25.6. The molecule has 0 aliphatic heterocycles. The Kier molecular flexibility index (Phi) is 7.98. The third kappa shape index (κ3) is 5.53. The van der Waals surface area contributed by atoms with Crippen LogP contribution in [0.2, 0.25) is 0 Å². The molecular formula is C29H28O8. The Hall–Kier alpha value is -4.46. The highest BCUT2D eigenvalue weighted by Gasteiger charge is 2.31. The van der Waals surface area contributed by atoms with E-state index in [1.54, 1.807) is 49.6 Å².